The lowest BCUT2D eigenvalue weighted by Crippen LogP contribution is -2.33. The highest BCUT2D eigenvalue weighted by molar-refractivity contribution is 7.90. The fourth-order valence-electron chi connectivity index (χ4n) is 3.16. The number of hydrogen-bond acceptors (Lipinski definition) is 7. The maximum atomic E-state index is 12.6. The third kappa shape index (κ3) is 3.39. The second-order valence-electron chi connectivity index (χ2n) is 6.27. The number of carbonyl (C=O) groups is 1. The van der Waals surface area contributed by atoms with E-state index in [1.807, 2.05) is 6.92 Å². The van der Waals surface area contributed by atoms with Gasteiger partial charge < -0.3 is 14.3 Å². The van der Waals surface area contributed by atoms with Crippen molar-refractivity contribution in [3.8, 4) is 11.5 Å². The van der Waals surface area contributed by atoms with Crippen LogP contribution in [0.2, 0.25) is 0 Å². The summed E-state index contributed by atoms with van der Waals surface area (Å²) in [6.07, 6.45) is 1.37. The van der Waals surface area contributed by atoms with Crippen molar-refractivity contribution in [2.45, 2.75) is 32.3 Å². The number of hydrogen-bond donors (Lipinski definition) is 1. The van der Waals surface area contributed by atoms with Crippen LogP contribution in [0.1, 0.15) is 35.7 Å². The Balaban J connectivity index is 2.21. The Bertz CT molecular complexity index is 1020. The number of carbonyl (C=O) groups excluding carboxylic acids is 1. The zero-order valence-electron chi connectivity index (χ0n) is 13.9. The molecule has 0 fully saturated rings. The maximum absolute atomic E-state index is 12.6. The van der Waals surface area contributed by atoms with E-state index >= 15 is 0 Å². The molecule has 7 nitrogen and oxygen atoms in total. The molecule has 1 aromatic carbocycles. The molecule has 1 unspecified atom stereocenters. The number of Topliss-reactive ketones (excluding diaryl/α,β-unsaturated/α-hetero) is 1. The molecule has 0 bridgehead atoms. The largest absolute Gasteiger partial charge is 0.507 e. The summed E-state index contributed by atoms with van der Waals surface area (Å²) in [4.78, 5) is 24.4. The van der Waals surface area contributed by atoms with Crippen LogP contribution in [-0.2, 0) is 16.3 Å². The number of phenols is 1. The number of aromatic hydroxyl groups is 1. The van der Waals surface area contributed by atoms with Crippen molar-refractivity contribution in [2.24, 2.45) is 0 Å². The summed E-state index contributed by atoms with van der Waals surface area (Å²) < 4.78 is 33.7. The number of benzene rings is 1. The Hall–Kier alpha value is -2.35. The second kappa shape index (κ2) is 6.18. The SMILES string of the molecule is CCCc1cc(=O)oc2c3c(cc(O)c12)OC(CS(C)(=O)=O)CC3=O. The van der Waals surface area contributed by atoms with Gasteiger partial charge in [-0.25, -0.2) is 13.2 Å². The van der Waals surface area contributed by atoms with Gasteiger partial charge in [-0.3, -0.25) is 4.79 Å². The van der Waals surface area contributed by atoms with E-state index in [0.29, 0.717) is 17.4 Å². The zero-order chi connectivity index (χ0) is 18.4. The molecule has 0 radical (unpaired) electrons. The predicted molar refractivity (Wildman–Crippen MR) is 91.2 cm³/mol. The fourth-order valence-corrected chi connectivity index (χ4v) is 4.02. The van der Waals surface area contributed by atoms with E-state index in [4.69, 9.17) is 9.15 Å². The second-order valence-corrected chi connectivity index (χ2v) is 8.46. The van der Waals surface area contributed by atoms with Crippen LogP contribution < -0.4 is 10.4 Å². The minimum atomic E-state index is -3.34. The summed E-state index contributed by atoms with van der Waals surface area (Å²) in [7, 11) is -3.34. The van der Waals surface area contributed by atoms with Gasteiger partial charge in [0.25, 0.3) is 0 Å². The molecule has 0 amide bonds. The molecule has 0 spiro atoms. The molecule has 3 rings (SSSR count). The fraction of sp³-hybridized carbons (Fsp3) is 0.412. The number of phenolic OH excluding ortho intramolecular Hbond substituents is 1. The van der Waals surface area contributed by atoms with Crippen LogP contribution in [0.15, 0.2) is 21.3 Å². The van der Waals surface area contributed by atoms with Crippen molar-refractivity contribution in [2.75, 3.05) is 12.0 Å². The molecule has 2 heterocycles. The smallest absolute Gasteiger partial charge is 0.336 e. The number of sulfone groups is 1. The number of rotatable bonds is 4. The predicted octanol–water partition coefficient (Wildman–Crippen LogP) is 1.83. The third-order valence-electron chi connectivity index (χ3n) is 4.03. The van der Waals surface area contributed by atoms with Crippen molar-refractivity contribution in [3.63, 3.8) is 0 Å². The van der Waals surface area contributed by atoms with Gasteiger partial charge in [-0.2, -0.15) is 0 Å². The molecule has 134 valence electrons. The summed E-state index contributed by atoms with van der Waals surface area (Å²) in [5.41, 5.74) is 0.0521. The summed E-state index contributed by atoms with van der Waals surface area (Å²) >= 11 is 0. The van der Waals surface area contributed by atoms with Crippen molar-refractivity contribution in [3.05, 3.63) is 33.7 Å². The van der Waals surface area contributed by atoms with Crippen LogP contribution in [0.5, 0.6) is 11.5 Å². The minimum absolute atomic E-state index is 0.00578. The molecule has 0 saturated carbocycles. The Labute approximate surface area is 144 Å². The van der Waals surface area contributed by atoms with Crippen LogP contribution >= 0.6 is 0 Å². The molecule has 2 aromatic rings. The van der Waals surface area contributed by atoms with Gasteiger partial charge in [0.1, 0.15) is 23.2 Å². The monoisotopic (exact) mass is 366 g/mol. The molecule has 0 aliphatic carbocycles. The Morgan fingerprint density at radius 3 is 2.64 bits per heavy atom. The highest BCUT2D eigenvalue weighted by Gasteiger charge is 2.33. The standard InChI is InChI=1S/C17H18O7S/c1-3-4-9-5-14(20)24-17-15(9)12(19)7-13-16(17)11(18)6-10(23-13)8-25(2,21)22/h5,7,10,19H,3-4,6,8H2,1-2H3. The van der Waals surface area contributed by atoms with Crippen LogP contribution in [-0.4, -0.2) is 37.4 Å². The molecule has 1 N–H and O–H groups in total. The molecule has 8 heteroatoms. The molecule has 1 aromatic heterocycles. The normalized spacial score (nSPS) is 17.4. The number of ether oxygens (including phenoxy) is 1. The molecule has 1 aliphatic rings. The van der Waals surface area contributed by atoms with E-state index in [-0.39, 0.29) is 40.6 Å². The van der Waals surface area contributed by atoms with E-state index in [2.05, 4.69) is 0 Å². The van der Waals surface area contributed by atoms with Crippen molar-refractivity contribution in [1.29, 1.82) is 0 Å². The minimum Gasteiger partial charge on any atom is -0.507 e. The highest BCUT2D eigenvalue weighted by Crippen LogP contribution is 2.40. The topological polar surface area (TPSA) is 111 Å². The molecular formula is C17H18O7S. The molecule has 1 aliphatic heterocycles. The highest BCUT2D eigenvalue weighted by atomic mass is 32.2. The lowest BCUT2D eigenvalue weighted by molar-refractivity contribution is 0.0875. The van der Waals surface area contributed by atoms with E-state index < -0.39 is 21.6 Å². The van der Waals surface area contributed by atoms with Crippen molar-refractivity contribution in [1.82, 2.24) is 0 Å². The Morgan fingerprint density at radius 1 is 1.28 bits per heavy atom. The first-order valence-corrected chi connectivity index (χ1v) is 9.96. The Kier molecular flexibility index (Phi) is 4.32. The van der Waals surface area contributed by atoms with E-state index in [1.54, 1.807) is 0 Å². The average Bonchev–Trinajstić information content (AvgIpc) is 2.44. The molecule has 1 atom stereocenters. The number of aryl methyl sites for hydroxylation is 1. The third-order valence-corrected chi connectivity index (χ3v) is 5.01. The van der Waals surface area contributed by atoms with Gasteiger partial charge in [0, 0.05) is 24.8 Å². The molecular weight excluding hydrogens is 348 g/mol. The first kappa shape index (κ1) is 17.5. The number of ketones is 1. The number of fused-ring (bicyclic) bond motifs is 3. The van der Waals surface area contributed by atoms with Gasteiger partial charge in [0.05, 0.1) is 11.1 Å². The van der Waals surface area contributed by atoms with Crippen LogP contribution in [0.25, 0.3) is 11.0 Å². The summed E-state index contributed by atoms with van der Waals surface area (Å²) in [6, 6.07) is 2.59. The van der Waals surface area contributed by atoms with Crippen molar-refractivity contribution < 1.29 is 27.5 Å². The zero-order valence-corrected chi connectivity index (χ0v) is 14.7. The van der Waals surface area contributed by atoms with Gasteiger partial charge in [0.15, 0.2) is 21.2 Å². The molecule has 0 saturated heterocycles. The van der Waals surface area contributed by atoms with Gasteiger partial charge in [-0.05, 0) is 12.0 Å². The lowest BCUT2D eigenvalue weighted by atomic mass is 9.95. The quantitative estimate of drug-likeness (QED) is 0.822. The summed E-state index contributed by atoms with van der Waals surface area (Å²) in [5.74, 6) is -0.825. The van der Waals surface area contributed by atoms with E-state index in [1.165, 1.54) is 12.1 Å². The van der Waals surface area contributed by atoms with Gasteiger partial charge >= 0.3 is 5.63 Å². The van der Waals surface area contributed by atoms with Crippen molar-refractivity contribution >= 4 is 26.6 Å². The first-order valence-electron chi connectivity index (χ1n) is 7.90. The average molecular weight is 366 g/mol. The lowest BCUT2D eigenvalue weighted by Gasteiger charge is -2.25. The maximum Gasteiger partial charge on any atom is 0.336 e. The van der Waals surface area contributed by atoms with Crippen LogP contribution in [0.4, 0.5) is 0 Å². The Morgan fingerprint density at radius 2 is 2.00 bits per heavy atom. The van der Waals surface area contributed by atoms with E-state index in [0.717, 1.165) is 12.7 Å². The molecule has 25 heavy (non-hydrogen) atoms. The van der Waals surface area contributed by atoms with Crippen LogP contribution in [0.3, 0.4) is 0 Å². The first-order chi connectivity index (χ1) is 11.7. The van der Waals surface area contributed by atoms with Gasteiger partial charge in [-0.1, -0.05) is 13.3 Å². The van der Waals surface area contributed by atoms with Gasteiger partial charge in [0.2, 0.25) is 0 Å². The van der Waals surface area contributed by atoms with Crippen LogP contribution in [0, 0.1) is 0 Å². The van der Waals surface area contributed by atoms with Gasteiger partial charge in [-0.15, -0.1) is 0 Å². The summed E-state index contributed by atoms with van der Waals surface area (Å²) in [6.45, 7) is 1.93. The summed E-state index contributed by atoms with van der Waals surface area (Å²) in [5, 5.41) is 10.7. The van der Waals surface area contributed by atoms with E-state index in [9.17, 15) is 23.1 Å².